The first-order valence-electron chi connectivity index (χ1n) is 7.94. The van der Waals surface area contributed by atoms with Gasteiger partial charge in [-0.05, 0) is 43.0 Å². The van der Waals surface area contributed by atoms with Crippen LogP contribution in [0.2, 0.25) is 5.02 Å². The minimum atomic E-state index is -0.755. The first kappa shape index (κ1) is 17.6. The van der Waals surface area contributed by atoms with E-state index in [1.807, 2.05) is 0 Å². The second-order valence-electron chi connectivity index (χ2n) is 5.85. The molecule has 23 heavy (non-hydrogen) atoms. The molecule has 0 radical (unpaired) electrons. The third kappa shape index (κ3) is 5.75. The molecule has 0 aromatic heterocycles. The molecule has 2 atom stereocenters. The summed E-state index contributed by atoms with van der Waals surface area (Å²) in [6.07, 6.45) is 3.79. The van der Waals surface area contributed by atoms with Gasteiger partial charge in [0, 0.05) is 11.6 Å². The summed E-state index contributed by atoms with van der Waals surface area (Å²) < 4.78 is 5.47. The average Bonchev–Trinajstić information content (AvgIpc) is 2.55. The van der Waals surface area contributed by atoms with Gasteiger partial charge in [0.15, 0.2) is 0 Å². The summed E-state index contributed by atoms with van der Waals surface area (Å²) >= 11 is 5.78. The Balaban J connectivity index is 1.68. The number of hydrogen-bond acceptors (Lipinski definition) is 3. The lowest BCUT2D eigenvalue weighted by Crippen LogP contribution is -2.37. The Morgan fingerprint density at radius 3 is 2.61 bits per heavy atom. The SMILES string of the molecule is O=C(CCOc1ccc(Cl)cc1)NC[C@@H]1CCCC[C@@H]1C(=O)O. The van der Waals surface area contributed by atoms with Crippen LogP contribution >= 0.6 is 11.6 Å². The predicted molar refractivity (Wildman–Crippen MR) is 87.7 cm³/mol. The number of carboxylic acids is 1. The molecule has 2 rings (SSSR count). The van der Waals surface area contributed by atoms with Crippen LogP contribution in [0.25, 0.3) is 0 Å². The number of aliphatic carboxylic acids is 1. The Morgan fingerprint density at radius 2 is 1.91 bits per heavy atom. The fraction of sp³-hybridized carbons (Fsp3) is 0.529. The van der Waals surface area contributed by atoms with Crippen LogP contribution in [0.15, 0.2) is 24.3 Å². The fourth-order valence-corrected chi connectivity index (χ4v) is 3.03. The van der Waals surface area contributed by atoms with E-state index in [2.05, 4.69) is 5.32 Å². The molecule has 1 fully saturated rings. The van der Waals surface area contributed by atoms with E-state index in [1.54, 1.807) is 24.3 Å². The second-order valence-corrected chi connectivity index (χ2v) is 6.28. The third-order valence-electron chi connectivity index (χ3n) is 4.20. The summed E-state index contributed by atoms with van der Waals surface area (Å²) in [6.45, 7) is 0.706. The highest BCUT2D eigenvalue weighted by molar-refractivity contribution is 6.30. The lowest BCUT2D eigenvalue weighted by Gasteiger charge is -2.28. The van der Waals surface area contributed by atoms with Gasteiger partial charge in [0.1, 0.15) is 5.75 Å². The first-order valence-corrected chi connectivity index (χ1v) is 8.32. The molecule has 0 aliphatic heterocycles. The molecule has 1 aliphatic rings. The highest BCUT2D eigenvalue weighted by Crippen LogP contribution is 2.29. The van der Waals surface area contributed by atoms with Crippen LogP contribution < -0.4 is 10.1 Å². The number of carboxylic acid groups (broad SMARTS) is 1. The van der Waals surface area contributed by atoms with Crippen molar-refractivity contribution in [3.05, 3.63) is 29.3 Å². The van der Waals surface area contributed by atoms with E-state index in [-0.39, 0.29) is 30.8 Å². The highest BCUT2D eigenvalue weighted by atomic mass is 35.5. The van der Waals surface area contributed by atoms with Crippen LogP contribution in [-0.4, -0.2) is 30.1 Å². The number of benzene rings is 1. The van der Waals surface area contributed by atoms with Gasteiger partial charge in [-0.2, -0.15) is 0 Å². The lowest BCUT2D eigenvalue weighted by atomic mass is 9.79. The van der Waals surface area contributed by atoms with Crippen LogP contribution in [0.3, 0.4) is 0 Å². The number of carbonyl (C=O) groups is 2. The number of ether oxygens (including phenoxy) is 1. The molecule has 1 aromatic carbocycles. The third-order valence-corrected chi connectivity index (χ3v) is 4.45. The van der Waals surface area contributed by atoms with Gasteiger partial charge in [0.2, 0.25) is 5.91 Å². The van der Waals surface area contributed by atoms with Crippen molar-refractivity contribution in [2.45, 2.75) is 32.1 Å². The maximum atomic E-state index is 11.8. The molecule has 0 saturated heterocycles. The Labute approximate surface area is 141 Å². The van der Waals surface area contributed by atoms with Gasteiger partial charge in [-0.15, -0.1) is 0 Å². The highest BCUT2D eigenvalue weighted by Gasteiger charge is 2.30. The quantitative estimate of drug-likeness (QED) is 0.800. The van der Waals surface area contributed by atoms with E-state index in [4.69, 9.17) is 16.3 Å². The average molecular weight is 340 g/mol. The molecule has 0 heterocycles. The van der Waals surface area contributed by atoms with Gasteiger partial charge in [0.25, 0.3) is 0 Å². The van der Waals surface area contributed by atoms with Crippen LogP contribution in [0.1, 0.15) is 32.1 Å². The topological polar surface area (TPSA) is 75.6 Å². The normalized spacial score (nSPS) is 20.7. The van der Waals surface area contributed by atoms with E-state index in [1.165, 1.54) is 0 Å². The summed E-state index contributed by atoms with van der Waals surface area (Å²) in [6, 6.07) is 6.96. The molecule has 2 N–H and O–H groups in total. The fourth-order valence-electron chi connectivity index (χ4n) is 2.90. The Hall–Kier alpha value is -1.75. The van der Waals surface area contributed by atoms with Crippen molar-refractivity contribution in [1.29, 1.82) is 0 Å². The first-order chi connectivity index (χ1) is 11.1. The summed E-state index contributed by atoms with van der Waals surface area (Å²) in [5, 5.41) is 12.7. The number of hydrogen-bond donors (Lipinski definition) is 2. The van der Waals surface area contributed by atoms with Crippen molar-refractivity contribution >= 4 is 23.5 Å². The smallest absolute Gasteiger partial charge is 0.306 e. The number of halogens is 1. The van der Waals surface area contributed by atoms with Gasteiger partial charge in [0.05, 0.1) is 18.9 Å². The summed E-state index contributed by atoms with van der Waals surface area (Å²) in [4.78, 5) is 23.1. The van der Waals surface area contributed by atoms with Crippen LogP contribution in [-0.2, 0) is 9.59 Å². The van der Waals surface area contributed by atoms with E-state index in [0.29, 0.717) is 23.7 Å². The van der Waals surface area contributed by atoms with E-state index in [9.17, 15) is 14.7 Å². The van der Waals surface area contributed by atoms with Gasteiger partial charge in [-0.1, -0.05) is 24.4 Å². The monoisotopic (exact) mass is 339 g/mol. The van der Waals surface area contributed by atoms with Gasteiger partial charge < -0.3 is 15.2 Å². The standard InChI is InChI=1S/C17H22ClNO4/c18-13-5-7-14(8-6-13)23-10-9-16(20)19-11-12-3-1-2-4-15(12)17(21)22/h5-8,12,15H,1-4,9-11H2,(H,19,20)(H,21,22)/t12-,15-/m0/s1. The van der Waals surface area contributed by atoms with Crippen molar-refractivity contribution in [3.8, 4) is 5.75 Å². The molecule has 1 aromatic rings. The number of rotatable bonds is 7. The molecule has 126 valence electrons. The van der Waals surface area contributed by atoms with Gasteiger partial charge >= 0.3 is 5.97 Å². The molecule has 1 amide bonds. The van der Waals surface area contributed by atoms with Gasteiger partial charge in [-0.3, -0.25) is 9.59 Å². The second kappa shape index (κ2) is 8.77. The van der Waals surface area contributed by atoms with Crippen molar-refractivity contribution < 1.29 is 19.4 Å². The minimum Gasteiger partial charge on any atom is -0.493 e. The molecule has 0 unspecified atom stereocenters. The van der Waals surface area contributed by atoms with E-state index < -0.39 is 5.97 Å². The molecule has 0 spiro atoms. The zero-order valence-electron chi connectivity index (χ0n) is 13.0. The number of amides is 1. The van der Waals surface area contributed by atoms with Gasteiger partial charge in [-0.25, -0.2) is 0 Å². The molecular formula is C17H22ClNO4. The van der Waals surface area contributed by atoms with Crippen LogP contribution in [0.4, 0.5) is 0 Å². The Kier molecular flexibility index (Phi) is 6.71. The summed E-state index contributed by atoms with van der Waals surface area (Å²) in [5.41, 5.74) is 0. The maximum Gasteiger partial charge on any atom is 0.306 e. The van der Waals surface area contributed by atoms with Crippen molar-refractivity contribution in [3.63, 3.8) is 0 Å². The van der Waals surface area contributed by atoms with Crippen molar-refractivity contribution in [2.75, 3.05) is 13.2 Å². The van der Waals surface area contributed by atoms with E-state index >= 15 is 0 Å². The molecular weight excluding hydrogens is 318 g/mol. The Bertz CT molecular complexity index is 532. The molecule has 1 saturated carbocycles. The molecule has 1 aliphatic carbocycles. The largest absolute Gasteiger partial charge is 0.493 e. The zero-order chi connectivity index (χ0) is 16.7. The predicted octanol–water partition coefficient (Wildman–Crippen LogP) is 3.12. The van der Waals surface area contributed by atoms with Crippen LogP contribution in [0.5, 0.6) is 5.75 Å². The van der Waals surface area contributed by atoms with Crippen molar-refractivity contribution in [1.82, 2.24) is 5.32 Å². The minimum absolute atomic E-state index is 0.0300. The molecule has 0 bridgehead atoms. The van der Waals surface area contributed by atoms with Crippen LogP contribution in [0, 0.1) is 11.8 Å². The lowest BCUT2D eigenvalue weighted by molar-refractivity contribution is -0.145. The summed E-state index contributed by atoms with van der Waals surface area (Å²) in [5.74, 6) is -0.513. The molecule has 6 heteroatoms. The summed E-state index contributed by atoms with van der Waals surface area (Å²) in [7, 11) is 0. The van der Waals surface area contributed by atoms with E-state index in [0.717, 1.165) is 19.3 Å². The van der Waals surface area contributed by atoms with Crippen molar-refractivity contribution in [2.24, 2.45) is 11.8 Å². The Morgan fingerprint density at radius 1 is 1.22 bits per heavy atom. The number of nitrogens with one attached hydrogen (secondary N) is 1. The molecule has 5 nitrogen and oxygen atoms in total. The maximum absolute atomic E-state index is 11.8. The number of carbonyl (C=O) groups excluding carboxylic acids is 1. The zero-order valence-corrected chi connectivity index (χ0v) is 13.7.